The molecule has 0 unspecified atom stereocenters. The summed E-state index contributed by atoms with van der Waals surface area (Å²) in [5.41, 5.74) is -0.0724. The molecule has 0 radical (unpaired) electrons. The van der Waals surface area contributed by atoms with E-state index < -0.39 is 33.4 Å². The van der Waals surface area contributed by atoms with E-state index in [-0.39, 0.29) is 16.4 Å². The smallest absolute Gasteiger partial charge is 0.315 e. The number of sulfone groups is 1. The van der Waals surface area contributed by atoms with E-state index in [1.54, 1.807) is 0 Å². The van der Waals surface area contributed by atoms with Crippen LogP contribution in [0.25, 0.3) is 0 Å². The molecule has 1 fully saturated rings. The lowest BCUT2D eigenvalue weighted by Crippen LogP contribution is -2.28. The number of hydrogen-bond donors (Lipinski definition) is 0. The van der Waals surface area contributed by atoms with Crippen LogP contribution >= 0.6 is 0 Å². The van der Waals surface area contributed by atoms with Crippen LogP contribution < -0.4 is 4.90 Å². The molecule has 8 heteroatoms. The van der Waals surface area contributed by atoms with Crippen molar-refractivity contribution in [2.24, 2.45) is 5.92 Å². The fraction of sp³-hybridized carbons (Fsp3) is 0.316. The third-order valence-corrected chi connectivity index (χ3v) is 5.88. The van der Waals surface area contributed by atoms with Crippen molar-refractivity contribution in [1.29, 1.82) is 0 Å². The summed E-state index contributed by atoms with van der Waals surface area (Å²) in [6.07, 6.45) is -3.01. The molecule has 2 aromatic rings. The molecule has 0 N–H and O–H groups in total. The zero-order chi connectivity index (χ0) is 20.0. The average Bonchev–Trinajstić information content (AvgIpc) is 3.40. The summed E-state index contributed by atoms with van der Waals surface area (Å²) in [6.45, 7) is 0. The van der Waals surface area contributed by atoms with E-state index in [2.05, 4.69) is 0 Å². The van der Waals surface area contributed by atoms with Crippen LogP contribution in [0.3, 0.4) is 0 Å². The molecule has 2 aromatic carbocycles. The molecule has 0 saturated heterocycles. The topological polar surface area (TPSA) is 54.5 Å². The Hall–Kier alpha value is -2.35. The van der Waals surface area contributed by atoms with Gasteiger partial charge in [0.25, 0.3) is 0 Å². The van der Waals surface area contributed by atoms with Crippen LogP contribution in [0.1, 0.15) is 23.5 Å². The van der Waals surface area contributed by atoms with Gasteiger partial charge in [-0.05, 0) is 48.2 Å². The Bertz CT molecular complexity index is 968. The molecule has 0 bridgehead atoms. The van der Waals surface area contributed by atoms with Crippen LogP contribution in [0.5, 0.6) is 0 Å². The number of halogens is 3. The number of benzene rings is 2. The van der Waals surface area contributed by atoms with Crippen LogP contribution in [-0.2, 0) is 20.8 Å². The monoisotopic (exact) mass is 397 g/mol. The number of carbonyl (C=O) groups excluding carboxylic acids is 1. The van der Waals surface area contributed by atoms with Gasteiger partial charge in [-0.3, -0.25) is 4.79 Å². The van der Waals surface area contributed by atoms with Gasteiger partial charge in [-0.15, -0.1) is 0 Å². The number of rotatable bonds is 4. The van der Waals surface area contributed by atoms with Gasteiger partial charge in [0.2, 0.25) is 5.91 Å². The standard InChI is InChI=1S/C19H18F3NO3S/c1-23(12-7-9-13(10-8-12)27(2,25)26)18(24)16-11-15(16)14-5-3-4-6-17(14)19(20,21)22/h3-10,15-16H,11H2,1-2H3/t15-,16-/m1/s1. The highest BCUT2D eigenvalue weighted by Crippen LogP contribution is 2.51. The first-order chi connectivity index (χ1) is 12.5. The maximum atomic E-state index is 13.2. The summed E-state index contributed by atoms with van der Waals surface area (Å²) in [5, 5.41) is 0. The van der Waals surface area contributed by atoms with Crippen molar-refractivity contribution in [1.82, 2.24) is 0 Å². The Balaban J connectivity index is 1.77. The number of nitrogens with zero attached hydrogens (tertiary/aromatic N) is 1. The van der Waals surface area contributed by atoms with E-state index in [0.29, 0.717) is 12.1 Å². The first kappa shape index (κ1) is 19.4. The second-order valence-corrected chi connectivity index (χ2v) is 8.71. The second kappa shape index (κ2) is 6.67. The van der Waals surface area contributed by atoms with Crippen molar-refractivity contribution < 1.29 is 26.4 Å². The van der Waals surface area contributed by atoms with Crippen LogP contribution in [-0.4, -0.2) is 27.6 Å². The Kier molecular flexibility index (Phi) is 4.80. The molecule has 144 valence electrons. The molecule has 27 heavy (non-hydrogen) atoms. The summed E-state index contributed by atoms with van der Waals surface area (Å²) in [5.74, 6) is -1.27. The molecule has 4 nitrogen and oxygen atoms in total. The minimum absolute atomic E-state index is 0.135. The van der Waals surface area contributed by atoms with Crippen molar-refractivity contribution in [3.05, 3.63) is 59.7 Å². The molecule has 1 amide bonds. The summed E-state index contributed by atoms with van der Waals surface area (Å²) in [4.78, 5) is 14.1. The van der Waals surface area contributed by atoms with Crippen LogP contribution in [0.15, 0.2) is 53.4 Å². The van der Waals surface area contributed by atoms with Gasteiger partial charge in [-0.2, -0.15) is 13.2 Å². The lowest BCUT2D eigenvalue weighted by molar-refractivity contribution is -0.138. The minimum atomic E-state index is -4.46. The predicted octanol–water partition coefficient (Wildman–Crippen LogP) is 3.88. The Morgan fingerprint density at radius 3 is 2.22 bits per heavy atom. The van der Waals surface area contributed by atoms with Crippen LogP contribution in [0.2, 0.25) is 0 Å². The molecule has 1 aliphatic rings. The van der Waals surface area contributed by atoms with Crippen molar-refractivity contribution in [3.63, 3.8) is 0 Å². The molecule has 3 rings (SSSR count). The largest absolute Gasteiger partial charge is 0.416 e. The van der Waals surface area contributed by atoms with Gasteiger partial charge in [0.05, 0.1) is 10.5 Å². The van der Waals surface area contributed by atoms with E-state index in [0.717, 1.165) is 12.3 Å². The van der Waals surface area contributed by atoms with E-state index in [1.165, 1.54) is 54.4 Å². The van der Waals surface area contributed by atoms with Gasteiger partial charge in [-0.1, -0.05) is 18.2 Å². The minimum Gasteiger partial charge on any atom is -0.315 e. The molecular weight excluding hydrogens is 379 g/mol. The molecule has 0 aromatic heterocycles. The predicted molar refractivity (Wildman–Crippen MR) is 95.3 cm³/mol. The fourth-order valence-corrected chi connectivity index (χ4v) is 3.81. The SMILES string of the molecule is CN(C(=O)[C@@H]1C[C@@H]1c1ccccc1C(F)(F)F)c1ccc(S(C)(=O)=O)cc1. The van der Waals surface area contributed by atoms with Crippen molar-refractivity contribution in [2.75, 3.05) is 18.2 Å². The Morgan fingerprint density at radius 1 is 1.07 bits per heavy atom. The van der Waals surface area contributed by atoms with E-state index in [1.807, 2.05) is 0 Å². The third-order valence-electron chi connectivity index (χ3n) is 4.76. The van der Waals surface area contributed by atoms with Gasteiger partial charge in [0, 0.05) is 24.9 Å². The lowest BCUT2D eigenvalue weighted by atomic mass is 10.0. The van der Waals surface area contributed by atoms with E-state index in [4.69, 9.17) is 0 Å². The number of anilines is 1. The first-order valence-corrected chi connectivity index (χ1v) is 10.1. The zero-order valence-corrected chi connectivity index (χ0v) is 15.5. The van der Waals surface area contributed by atoms with Crippen molar-refractivity contribution in [2.45, 2.75) is 23.4 Å². The lowest BCUT2D eigenvalue weighted by Gasteiger charge is -2.18. The van der Waals surface area contributed by atoms with Crippen LogP contribution in [0, 0.1) is 5.92 Å². The highest BCUT2D eigenvalue weighted by molar-refractivity contribution is 7.90. The molecule has 1 aliphatic carbocycles. The van der Waals surface area contributed by atoms with E-state index >= 15 is 0 Å². The van der Waals surface area contributed by atoms with Gasteiger partial charge < -0.3 is 4.90 Å². The normalized spacial score (nSPS) is 19.6. The van der Waals surface area contributed by atoms with Crippen molar-refractivity contribution >= 4 is 21.4 Å². The maximum Gasteiger partial charge on any atom is 0.416 e. The summed E-state index contributed by atoms with van der Waals surface area (Å²) >= 11 is 0. The molecule has 0 spiro atoms. The molecule has 2 atom stereocenters. The Labute approximate surface area is 155 Å². The molecule has 0 heterocycles. The summed E-state index contributed by atoms with van der Waals surface area (Å²) in [7, 11) is -1.81. The highest BCUT2D eigenvalue weighted by Gasteiger charge is 2.48. The summed E-state index contributed by atoms with van der Waals surface area (Å²) < 4.78 is 62.5. The first-order valence-electron chi connectivity index (χ1n) is 8.24. The highest BCUT2D eigenvalue weighted by atomic mass is 32.2. The molecular formula is C19H18F3NO3S. The second-order valence-electron chi connectivity index (χ2n) is 6.70. The van der Waals surface area contributed by atoms with Crippen molar-refractivity contribution in [3.8, 4) is 0 Å². The Morgan fingerprint density at radius 2 is 1.67 bits per heavy atom. The van der Waals surface area contributed by atoms with Crippen LogP contribution in [0.4, 0.5) is 18.9 Å². The van der Waals surface area contributed by atoms with E-state index in [9.17, 15) is 26.4 Å². The number of alkyl halides is 3. The third kappa shape index (κ3) is 4.00. The zero-order valence-electron chi connectivity index (χ0n) is 14.7. The summed E-state index contributed by atoms with van der Waals surface area (Å²) in [6, 6.07) is 11.1. The maximum absolute atomic E-state index is 13.2. The van der Waals surface area contributed by atoms with Gasteiger partial charge in [0.15, 0.2) is 9.84 Å². The number of carbonyl (C=O) groups is 1. The number of amides is 1. The molecule has 0 aliphatic heterocycles. The quantitative estimate of drug-likeness (QED) is 0.787. The average molecular weight is 397 g/mol. The number of hydrogen-bond acceptors (Lipinski definition) is 3. The fourth-order valence-electron chi connectivity index (χ4n) is 3.18. The van der Waals surface area contributed by atoms with Gasteiger partial charge in [0.1, 0.15) is 0 Å². The van der Waals surface area contributed by atoms with Gasteiger partial charge in [-0.25, -0.2) is 8.42 Å². The molecule has 1 saturated carbocycles. The van der Waals surface area contributed by atoms with Gasteiger partial charge >= 0.3 is 6.18 Å².